The molecule has 2 aromatic rings. The van der Waals surface area contributed by atoms with Crippen molar-refractivity contribution in [2.75, 3.05) is 13.2 Å². The first-order chi connectivity index (χ1) is 14.0. The second-order valence-electron chi connectivity index (χ2n) is 8.96. The summed E-state index contributed by atoms with van der Waals surface area (Å²) in [5.41, 5.74) is 8.71. The smallest absolute Gasteiger partial charge is 0.256 e. The van der Waals surface area contributed by atoms with E-state index in [1.54, 1.807) is 0 Å². The summed E-state index contributed by atoms with van der Waals surface area (Å²) in [7, 11) is 0. The van der Waals surface area contributed by atoms with Gasteiger partial charge in [0, 0.05) is 17.7 Å². The van der Waals surface area contributed by atoms with E-state index in [9.17, 15) is 4.79 Å². The van der Waals surface area contributed by atoms with Gasteiger partial charge in [0.15, 0.2) is 0 Å². The quantitative estimate of drug-likeness (QED) is 0.759. The van der Waals surface area contributed by atoms with Gasteiger partial charge in [-0.3, -0.25) is 4.79 Å². The maximum absolute atomic E-state index is 13.3. The van der Waals surface area contributed by atoms with Crippen LogP contribution in [0.4, 0.5) is 0 Å². The zero-order valence-electron chi connectivity index (χ0n) is 17.6. The summed E-state index contributed by atoms with van der Waals surface area (Å²) < 4.78 is 5.84. The maximum atomic E-state index is 13.3. The first-order valence-electron chi connectivity index (χ1n) is 10.9. The Balaban J connectivity index is 1.67. The van der Waals surface area contributed by atoms with E-state index >= 15 is 0 Å². The second kappa shape index (κ2) is 8.19. The van der Waals surface area contributed by atoms with Crippen LogP contribution in [0.2, 0.25) is 0 Å². The van der Waals surface area contributed by atoms with Crippen LogP contribution in [0.3, 0.4) is 0 Å². The summed E-state index contributed by atoms with van der Waals surface area (Å²) in [5, 5.41) is 0. The molecule has 1 aliphatic carbocycles. The molecule has 1 atom stereocenters. The summed E-state index contributed by atoms with van der Waals surface area (Å²) in [6.45, 7) is 5.67. The average Bonchev–Trinajstić information content (AvgIpc) is 2.96. The summed E-state index contributed by atoms with van der Waals surface area (Å²) in [4.78, 5) is 15.2. The zero-order valence-corrected chi connectivity index (χ0v) is 17.6. The van der Waals surface area contributed by atoms with Gasteiger partial charge in [-0.1, -0.05) is 63.4 Å². The highest BCUT2D eigenvalue weighted by atomic mass is 16.5. The molecule has 0 aromatic heterocycles. The number of ether oxygens (including phenoxy) is 1. The van der Waals surface area contributed by atoms with Crippen molar-refractivity contribution in [2.24, 2.45) is 17.6 Å². The largest absolute Gasteiger partial charge is 0.493 e. The highest BCUT2D eigenvalue weighted by molar-refractivity contribution is 6.00. The van der Waals surface area contributed by atoms with Crippen LogP contribution in [0.1, 0.15) is 67.4 Å². The first-order valence-corrected chi connectivity index (χ1v) is 10.9. The molecule has 0 bridgehead atoms. The van der Waals surface area contributed by atoms with Crippen LogP contribution in [0.5, 0.6) is 5.75 Å². The predicted molar refractivity (Wildman–Crippen MR) is 116 cm³/mol. The number of rotatable bonds is 6. The minimum atomic E-state index is -0.929. The minimum Gasteiger partial charge on any atom is -0.493 e. The molecule has 0 radical (unpaired) electrons. The SMILES string of the molecule is CC(C)COc1ccc(C2(N)c3ccccc3C(=O)N2CC2CCCCC2)cc1. The number of carbonyl (C=O) groups is 1. The number of benzene rings is 2. The van der Waals surface area contributed by atoms with Gasteiger partial charge in [-0.15, -0.1) is 0 Å². The summed E-state index contributed by atoms with van der Waals surface area (Å²) in [5.74, 6) is 1.88. The Kier molecular flexibility index (Phi) is 5.64. The third-order valence-electron chi connectivity index (χ3n) is 6.28. The Labute approximate surface area is 174 Å². The van der Waals surface area contributed by atoms with Crippen molar-refractivity contribution >= 4 is 5.91 Å². The van der Waals surface area contributed by atoms with Gasteiger partial charge in [0.1, 0.15) is 11.4 Å². The summed E-state index contributed by atoms with van der Waals surface area (Å²) in [6.07, 6.45) is 6.16. The third-order valence-corrected chi connectivity index (χ3v) is 6.28. The standard InChI is InChI=1S/C25H32N2O2/c1-18(2)17-29-21-14-12-20(13-15-21)25(26)23-11-7-6-10-22(23)24(28)27(25)16-19-8-4-3-5-9-19/h6-7,10-15,18-19H,3-5,8-9,16-17,26H2,1-2H3. The third kappa shape index (κ3) is 3.78. The molecule has 2 aliphatic rings. The number of nitrogens with zero attached hydrogens (tertiary/aromatic N) is 1. The first kappa shape index (κ1) is 20.0. The lowest BCUT2D eigenvalue weighted by Crippen LogP contribution is -2.53. The lowest BCUT2D eigenvalue weighted by atomic mass is 9.87. The lowest BCUT2D eigenvalue weighted by Gasteiger charge is -2.39. The fourth-order valence-electron chi connectivity index (χ4n) is 4.69. The highest BCUT2D eigenvalue weighted by Gasteiger charge is 2.48. The van der Waals surface area contributed by atoms with Gasteiger partial charge in [0.05, 0.1) is 6.61 Å². The Bertz CT molecular complexity index is 855. The van der Waals surface area contributed by atoms with Crippen LogP contribution in [-0.4, -0.2) is 24.0 Å². The maximum Gasteiger partial charge on any atom is 0.256 e. The van der Waals surface area contributed by atoms with Gasteiger partial charge in [-0.05, 0) is 48.4 Å². The summed E-state index contributed by atoms with van der Waals surface area (Å²) >= 11 is 0. The molecule has 154 valence electrons. The van der Waals surface area contributed by atoms with E-state index in [4.69, 9.17) is 10.5 Å². The Hall–Kier alpha value is -2.33. The molecule has 1 heterocycles. The van der Waals surface area contributed by atoms with Crippen LogP contribution in [0.25, 0.3) is 0 Å². The number of amides is 1. The van der Waals surface area contributed by atoms with Gasteiger partial charge < -0.3 is 15.4 Å². The van der Waals surface area contributed by atoms with Crippen molar-refractivity contribution in [1.29, 1.82) is 0 Å². The molecule has 1 fully saturated rings. The molecule has 29 heavy (non-hydrogen) atoms. The Morgan fingerprint density at radius 1 is 1.07 bits per heavy atom. The molecular formula is C25H32N2O2. The molecule has 4 nitrogen and oxygen atoms in total. The van der Waals surface area contributed by atoms with Crippen LogP contribution in [0, 0.1) is 11.8 Å². The van der Waals surface area contributed by atoms with E-state index in [0.29, 0.717) is 18.4 Å². The van der Waals surface area contributed by atoms with Crippen molar-refractivity contribution in [3.63, 3.8) is 0 Å². The van der Waals surface area contributed by atoms with E-state index in [-0.39, 0.29) is 5.91 Å². The van der Waals surface area contributed by atoms with Gasteiger partial charge in [-0.2, -0.15) is 0 Å². The zero-order chi connectivity index (χ0) is 20.4. The van der Waals surface area contributed by atoms with Crippen molar-refractivity contribution in [3.8, 4) is 5.75 Å². The number of hydrogen-bond acceptors (Lipinski definition) is 3. The average molecular weight is 393 g/mol. The van der Waals surface area contributed by atoms with E-state index in [0.717, 1.165) is 29.0 Å². The topological polar surface area (TPSA) is 55.6 Å². The number of nitrogens with two attached hydrogens (primary N) is 1. The Morgan fingerprint density at radius 2 is 1.76 bits per heavy atom. The van der Waals surface area contributed by atoms with Gasteiger partial charge in [0.2, 0.25) is 0 Å². The van der Waals surface area contributed by atoms with E-state index in [1.807, 2.05) is 53.4 Å². The number of fused-ring (bicyclic) bond motifs is 1. The molecular weight excluding hydrogens is 360 g/mol. The molecule has 1 unspecified atom stereocenters. The van der Waals surface area contributed by atoms with Crippen molar-refractivity contribution in [1.82, 2.24) is 4.90 Å². The van der Waals surface area contributed by atoms with Crippen LogP contribution in [0.15, 0.2) is 48.5 Å². The van der Waals surface area contributed by atoms with Crippen LogP contribution in [-0.2, 0) is 5.66 Å². The van der Waals surface area contributed by atoms with Crippen LogP contribution >= 0.6 is 0 Å². The van der Waals surface area contributed by atoms with E-state index in [1.165, 1.54) is 32.1 Å². The second-order valence-corrected chi connectivity index (χ2v) is 8.96. The molecule has 1 saturated carbocycles. The molecule has 1 amide bonds. The highest BCUT2D eigenvalue weighted by Crippen LogP contribution is 2.42. The van der Waals surface area contributed by atoms with Crippen molar-refractivity contribution < 1.29 is 9.53 Å². The molecule has 4 rings (SSSR count). The molecule has 2 aromatic carbocycles. The van der Waals surface area contributed by atoms with Crippen molar-refractivity contribution in [3.05, 3.63) is 65.2 Å². The van der Waals surface area contributed by atoms with E-state index < -0.39 is 5.66 Å². The molecule has 1 aliphatic heterocycles. The lowest BCUT2D eigenvalue weighted by molar-refractivity contribution is 0.0562. The number of hydrogen-bond donors (Lipinski definition) is 1. The monoisotopic (exact) mass is 392 g/mol. The summed E-state index contributed by atoms with van der Waals surface area (Å²) in [6, 6.07) is 15.8. The van der Waals surface area contributed by atoms with E-state index in [2.05, 4.69) is 13.8 Å². The molecule has 0 saturated heterocycles. The Morgan fingerprint density at radius 3 is 2.45 bits per heavy atom. The minimum absolute atomic E-state index is 0.0498. The van der Waals surface area contributed by atoms with Gasteiger partial charge in [0.25, 0.3) is 5.91 Å². The fourth-order valence-corrected chi connectivity index (χ4v) is 4.69. The normalized spacial score (nSPS) is 22.2. The number of carbonyl (C=O) groups excluding carboxylic acids is 1. The molecule has 2 N–H and O–H groups in total. The van der Waals surface area contributed by atoms with Crippen molar-refractivity contribution in [2.45, 2.75) is 51.6 Å². The molecule has 0 spiro atoms. The van der Waals surface area contributed by atoms with Crippen LogP contribution < -0.4 is 10.5 Å². The fraction of sp³-hybridized carbons (Fsp3) is 0.480. The van der Waals surface area contributed by atoms with Gasteiger partial charge >= 0.3 is 0 Å². The molecule has 4 heteroatoms. The predicted octanol–water partition coefficient (Wildman–Crippen LogP) is 4.92. The van der Waals surface area contributed by atoms with Gasteiger partial charge in [-0.25, -0.2) is 0 Å².